The molecular formula is C13H28N2O. The monoisotopic (exact) mass is 228 g/mol. The van der Waals surface area contributed by atoms with Gasteiger partial charge in [-0.15, -0.1) is 0 Å². The molecular weight excluding hydrogens is 200 g/mol. The summed E-state index contributed by atoms with van der Waals surface area (Å²) in [6, 6.07) is 0. The molecule has 0 aromatic carbocycles. The third-order valence-electron chi connectivity index (χ3n) is 2.18. The number of carbonyl (C=O) groups excluding carboxylic acids is 1. The number of hydrogen-bond donors (Lipinski definition) is 0. The highest BCUT2D eigenvalue weighted by atomic mass is 16.1. The Labute approximate surface area is 101 Å². The van der Waals surface area contributed by atoms with Gasteiger partial charge in [-0.25, -0.2) is 0 Å². The van der Waals surface area contributed by atoms with Crippen LogP contribution in [-0.4, -0.2) is 48.9 Å². The Kier molecular flexibility index (Phi) is 8.26. The zero-order chi connectivity index (χ0) is 12.6. The van der Waals surface area contributed by atoms with Crippen LogP contribution in [0.2, 0.25) is 0 Å². The van der Waals surface area contributed by atoms with Crippen molar-refractivity contribution in [2.24, 2.45) is 11.8 Å². The molecule has 0 radical (unpaired) electrons. The van der Waals surface area contributed by atoms with Crippen molar-refractivity contribution in [1.82, 2.24) is 9.80 Å². The number of carbonyl (C=O) groups is 1. The molecule has 0 unspecified atom stereocenters. The van der Waals surface area contributed by atoms with Crippen LogP contribution >= 0.6 is 0 Å². The molecule has 1 aliphatic rings. The molecule has 0 aromatic rings. The van der Waals surface area contributed by atoms with Gasteiger partial charge in [0, 0.05) is 32.7 Å². The van der Waals surface area contributed by atoms with E-state index in [1.165, 1.54) is 0 Å². The van der Waals surface area contributed by atoms with Crippen LogP contribution in [0.15, 0.2) is 0 Å². The number of rotatable bonds is 3. The lowest BCUT2D eigenvalue weighted by atomic mass is 10.2. The molecule has 96 valence electrons. The molecule has 16 heavy (non-hydrogen) atoms. The summed E-state index contributed by atoms with van der Waals surface area (Å²) in [6.45, 7) is 16.0. The van der Waals surface area contributed by atoms with Gasteiger partial charge in [0.05, 0.1) is 0 Å². The van der Waals surface area contributed by atoms with Crippen molar-refractivity contribution in [2.75, 3.05) is 32.7 Å². The molecule has 1 amide bonds. The average Bonchev–Trinajstić information content (AvgIpc) is 2.17. The lowest BCUT2D eigenvalue weighted by Crippen LogP contribution is -2.46. The van der Waals surface area contributed by atoms with Gasteiger partial charge in [-0.3, -0.25) is 9.69 Å². The zero-order valence-corrected chi connectivity index (χ0v) is 11.6. The molecule has 1 saturated heterocycles. The number of amides is 1. The fraction of sp³-hybridized carbons (Fsp3) is 0.923. The van der Waals surface area contributed by atoms with Crippen molar-refractivity contribution in [2.45, 2.75) is 34.6 Å². The second-order valence-electron chi connectivity index (χ2n) is 5.57. The van der Waals surface area contributed by atoms with Gasteiger partial charge in [-0.05, 0) is 11.8 Å². The van der Waals surface area contributed by atoms with E-state index in [4.69, 9.17) is 0 Å². The first-order valence-electron chi connectivity index (χ1n) is 6.37. The van der Waals surface area contributed by atoms with Crippen LogP contribution in [0.5, 0.6) is 0 Å². The summed E-state index contributed by atoms with van der Waals surface area (Å²) < 4.78 is 0. The molecule has 3 nitrogen and oxygen atoms in total. The third kappa shape index (κ3) is 8.72. The summed E-state index contributed by atoms with van der Waals surface area (Å²) in [5, 5.41) is 0. The molecule has 0 bridgehead atoms. The number of piperazine rings is 1. The lowest BCUT2D eigenvalue weighted by molar-refractivity contribution is -0.119. The minimum atomic E-state index is 0.729. The number of nitrogens with zero attached hydrogens (tertiary/aromatic N) is 2. The standard InChI is InChI=1S/C9H18N2O.C4H10/c1-9(2)7-10-3-5-11(8-12)6-4-10;1-4(2)3/h8-9H,3-7H2,1-2H3;4H,1-3H3. The topological polar surface area (TPSA) is 23.6 Å². The maximum absolute atomic E-state index is 10.4. The van der Waals surface area contributed by atoms with Gasteiger partial charge in [0.25, 0.3) is 0 Å². The summed E-state index contributed by atoms with van der Waals surface area (Å²) in [7, 11) is 0. The van der Waals surface area contributed by atoms with Crippen molar-refractivity contribution < 1.29 is 4.79 Å². The summed E-state index contributed by atoms with van der Waals surface area (Å²) in [5.41, 5.74) is 0. The van der Waals surface area contributed by atoms with E-state index in [2.05, 4.69) is 39.5 Å². The maximum Gasteiger partial charge on any atom is 0.209 e. The van der Waals surface area contributed by atoms with E-state index in [0.717, 1.165) is 51.0 Å². The molecule has 0 N–H and O–H groups in total. The molecule has 1 rings (SSSR count). The lowest BCUT2D eigenvalue weighted by Gasteiger charge is -2.33. The Morgan fingerprint density at radius 1 is 1.00 bits per heavy atom. The first kappa shape index (κ1) is 15.4. The van der Waals surface area contributed by atoms with Crippen LogP contribution in [0.25, 0.3) is 0 Å². The maximum atomic E-state index is 10.4. The highest BCUT2D eigenvalue weighted by Gasteiger charge is 2.15. The van der Waals surface area contributed by atoms with E-state index in [-0.39, 0.29) is 0 Å². The summed E-state index contributed by atoms with van der Waals surface area (Å²) in [5.74, 6) is 1.56. The van der Waals surface area contributed by atoms with E-state index < -0.39 is 0 Å². The Morgan fingerprint density at radius 3 is 1.75 bits per heavy atom. The van der Waals surface area contributed by atoms with Crippen molar-refractivity contribution in [3.63, 3.8) is 0 Å². The van der Waals surface area contributed by atoms with Crippen LogP contribution < -0.4 is 0 Å². The van der Waals surface area contributed by atoms with Crippen molar-refractivity contribution in [3.05, 3.63) is 0 Å². The second kappa shape index (κ2) is 8.57. The van der Waals surface area contributed by atoms with Crippen LogP contribution in [0, 0.1) is 11.8 Å². The van der Waals surface area contributed by atoms with Crippen LogP contribution in [0.1, 0.15) is 34.6 Å². The molecule has 3 heteroatoms. The van der Waals surface area contributed by atoms with Gasteiger partial charge in [-0.1, -0.05) is 34.6 Å². The quantitative estimate of drug-likeness (QED) is 0.691. The average molecular weight is 228 g/mol. The second-order valence-corrected chi connectivity index (χ2v) is 5.57. The van der Waals surface area contributed by atoms with Gasteiger partial charge < -0.3 is 4.90 Å². The molecule has 1 aliphatic heterocycles. The molecule has 0 aromatic heterocycles. The van der Waals surface area contributed by atoms with Gasteiger partial charge in [0.2, 0.25) is 6.41 Å². The predicted octanol–water partition coefficient (Wildman–Crippen LogP) is 2.08. The third-order valence-corrected chi connectivity index (χ3v) is 2.18. The van der Waals surface area contributed by atoms with E-state index in [0.29, 0.717) is 0 Å². The van der Waals surface area contributed by atoms with Gasteiger partial charge >= 0.3 is 0 Å². The molecule has 1 heterocycles. The number of hydrogen-bond acceptors (Lipinski definition) is 2. The Hall–Kier alpha value is -0.570. The predicted molar refractivity (Wildman–Crippen MR) is 69.4 cm³/mol. The summed E-state index contributed by atoms with van der Waals surface area (Å²) in [4.78, 5) is 14.7. The largest absolute Gasteiger partial charge is 0.343 e. The summed E-state index contributed by atoms with van der Waals surface area (Å²) in [6.07, 6.45) is 0.951. The Balaban J connectivity index is 0.000000487. The zero-order valence-electron chi connectivity index (χ0n) is 11.6. The molecule has 0 atom stereocenters. The van der Waals surface area contributed by atoms with Crippen molar-refractivity contribution >= 4 is 6.41 Å². The molecule has 0 aliphatic carbocycles. The molecule has 0 saturated carbocycles. The SMILES string of the molecule is CC(C)C.CC(C)CN1CCN(C=O)CC1. The normalized spacial score (nSPS) is 17.3. The van der Waals surface area contributed by atoms with E-state index >= 15 is 0 Å². The minimum Gasteiger partial charge on any atom is -0.343 e. The van der Waals surface area contributed by atoms with Crippen molar-refractivity contribution in [3.8, 4) is 0 Å². The summed E-state index contributed by atoms with van der Waals surface area (Å²) >= 11 is 0. The first-order chi connectivity index (χ1) is 7.45. The van der Waals surface area contributed by atoms with E-state index in [9.17, 15) is 4.79 Å². The van der Waals surface area contributed by atoms with E-state index in [1.807, 2.05) is 4.90 Å². The van der Waals surface area contributed by atoms with Crippen LogP contribution in [0.3, 0.4) is 0 Å². The molecule has 1 fully saturated rings. The van der Waals surface area contributed by atoms with Crippen LogP contribution in [0.4, 0.5) is 0 Å². The fourth-order valence-electron chi connectivity index (χ4n) is 1.57. The molecule has 0 spiro atoms. The Bertz CT molecular complexity index is 170. The van der Waals surface area contributed by atoms with E-state index in [1.54, 1.807) is 0 Å². The Morgan fingerprint density at radius 2 is 1.44 bits per heavy atom. The first-order valence-corrected chi connectivity index (χ1v) is 6.37. The smallest absolute Gasteiger partial charge is 0.209 e. The van der Waals surface area contributed by atoms with Gasteiger partial charge in [-0.2, -0.15) is 0 Å². The van der Waals surface area contributed by atoms with Gasteiger partial charge in [0.15, 0.2) is 0 Å². The highest BCUT2D eigenvalue weighted by Crippen LogP contribution is 2.03. The van der Waals surface area contributed by atoms with Crippen LogP contribution in [-0.2, 0) is 4.79 Å². The van der Waals surface area contributed by atoms with Gasteiger partial charge in [0.1, 0.15) is 0 Å². The highest BCUT2D eigenvalue weighted by molar-refractivity contribution is 5.47. The minimum absolute atomic E-state index is 0.729. The van der Waals surface area contributed by atoms with Crippen molar-refractivity contribution in [1.29, 1.82) is 0 Å². The fourth-order valence-corrected chi connectivity index (χ4v) is 1.57.